The normalized spacial score (nSPS) is 11.0. The Morgan fingerprint density at radius 3 is 2.75 bits per heavy atom. The van der Waals surface area contributed by atoms with E-state index in [1.807, 2.05) is 32.0 Å². The fourth-order valence-electron chi connectivity index (χ4n) is 2.43. The number of thiophene rings is 1. The van der Waals surface area contributed by atoms with Crippen LogP contribution in [-0.2, 0) is 4.79 Å². The molecule has 0 saturated heterocycles. The number of amides is 1. The van der Waals surface area contributed by atoms with Gasteiger partial charge in [-0.05, 0) is 25.5 Å². The molecule has 3 aromatic rings. The van der Waals surface area contributed by atoms with E-state index in [4.69, 9.17) is 0 Å². The summed E-state index contributed by atoms with van der Waals surface area (Å²) in [5.41, 5.74) is 1.17. The topological polar surface area (TPSA) is 66.9 Å². The van der Waals surface area contributed by atoms with Crippen molar-refractivity contribution in [3.8, 4) is 10.4 Å². The number of fused-ring (bicyclic) bond motifs is 1. The molecule has 0 aliphatic carbocycles. The lowest BCUT2D eigenvalue weighted by molar-refractivity contribution is -0.121. The number of nitrogens with one attached hydrogen (secondary N) is 2. The number of aromatic nitrogens is 2. The van der Waals surface area contributed by atoms with E-state index in [9.17, 15) is 4.79 Å². The molecular formula is C18H20N4OS. The van der Waals surface area contributed by atoms with Crippen LogP contribution >= 0.6 is 11.3 Å². The molecule has 0 saturated carbocycles. The summed E-state index contributed by atoms with van der Waals surface area (Å²) in [6.07, 6.45) is 1.98. The average Bonchev–Trinajstić information content (AvgIpc) is 3.00. The number of carbonyl (C=O) groups excluding carboxylic acids is 1. The van der Waals surface area contributed by atoms with Gasteiger partial charge >= 0.3 is 0 Å². The van der Waals surface area contributed by atoms with Crippen molar-refractivity contribution in [3.63, 3.8) is 0 Å². The molecule has 2 aromatic heterocycles. The van der Waals surface area contributed by atoms with Gasteiger partial charge in [-0.2, -0.15) is 0 Å². The minimum absolute atomic E-state index is 0.0399. The fourth-order valence-corrected chi connectivity index (χ4v) is 3.43. The number of hydrogen-bond donors (Lipinski definition) is 2. The van der Waals surface area contributed by atoms with Crippen LogP contribution < -0.4 is 10.6 Å². The third-order valence-electron chi connectivity index (χ3n) is 3.48. The molecule has 6 heteroatoms. The predicted octanol–water partition coefficient (Wildman–Crippen LogP) is 3.68. The first-order chi connectivity index (χ1) is 11.6. The van der Waals surface area contributed by atoms with Crippen LogP contribution in [0.25, 0.3) is 20.7 Å². The molecule has 0 bridgehead atoms. The van der Waals surface area contributed by atoms with Crippen molar-refractivity contribution < 1.29 is 4.79 Å². The molecule has 2 N–H and O–H groups in total. The molecule has 124 valence electrons. The molecule has 1 amide bonds. The van der Waals surface area contributed by atoms with Crippen molar-refractivity contribution in [2.24, 2.45) is 0 Å². The Morgan fingerprint density at radius 2 is 2.00 bits per heavy atom. The monoisotopic (exact) mass is 340 g/mol. The molecule has 2 heterocycles. The van der Waals surface area contributed by atoms with Gasteiger partial charge in [0.05, 0.1) is 5.39 Å². The van der Waals surface area contributed by atoms with E-state index < -0.39 is 0 Å². The van der Waals surface area contributed by atoms with Crippen LogP contribution in [0.15, 0.2) is 42.7 Å². The highest BCUT2D eigenvalue weighted by molar-refractivity contribution is 7.21. The number of hydrogen-bond acceptors (Lipinski definition) is 5. The van der Waals surface area contributed by atoms with Gasteiger partial charge in [0.1, 0.15) is 17.0 Å². The molecule has 0 unspecified atom stereocenters. The summed E-state index contributed by atoms with van der Waals surface area (Å²) in [6, 6.07) is 12.5. The van der Waals surface area contributed by atoms with Crippen molar-refractivity contribution in [1.29, 1.82) is 0 Å². The van der Waals surface area contributed by atoms with Crippen LogP contribution in [0.5, 0.6) is 0 Å². The van der Waals surface area contributed by atoms with E-state index in [1.165, 1.54) is 5.56 Å². The van der Waals surface area contributed by atoms with Crippen LogP contribution in [-0.4, -0.2) is 28.5 Å². The van der Waals surface area contributed by atoms with Gasteiger partial charge < -0.3 is 10.6 Å². The first kappa shape index (κ1) is 16.4. The van der Waals surface area contributed by atoms with E-state index in [0.717, 1.165) is 20.9 Å². The lowest BCUT2D eigenvalue weighted by Gasteiger charge is -2.09. The molecule has 0 aliphatic heterocycles. The molecule has 1 aromatic carbocycles. The number of anilines is 1. The molecule has 24 heavy (non-hydrogen) atoms. The third-order valence-corrected chi connectivity index (χ3v) is 4.57. The standard InChI is InChI=1S/C18H20N4OS/c1-12(2)22-16(23)8-9-19-17-14-10-15(13-6-4-3-5-7-13)24-18(14)21-11-20-17/h3-7,10-12H,8-9H2,1-2H3,(H,22,23)(H,19,20,21). The minimum atomic E-state index is 0.0399. The zero-order chi connectivity index (χ0) is 16.9. The van der Waals surface area contributed by atoms with Crippen molar-refractivity contribution in [1.82, 2.24) is 15.3 Å². The smallest absolute Gasteiger partial charge is 0.221 e. The molecule has 5 nitrogen and oxygen atoms in total. The predicted molar refractivity (Wildman–Crippen MR) is 99.2 cm³/mol. The average molecular weight is 340 g/mol. The third kappa shape index (κ3) is 3.89. The summed E-state index contributed by atoms with van der Waals surface area (Å²) in [7, 11) is 0. The number of rotatable bonds is 6. The van der Waals surface area contributed by atoms with Gasteiger partial charge in [-0.1, -0.05) is 30.3 Å². The first-order valence-electron chi connectivity index (χ1n) is 7.96. The van der Waals surface area contributed by atoms with Gasteiger partial charge in [-0.15, -0.1) is 11.3 Å². The fraction of sp³-hybridized carbons (Fsp3) is 0.278. The molecule has 0 fully saturated rings. The summed E-state index contributed by atoms with van der Waals surface area (Å²) in [4.78, 5) is 22.5. The van der Waals surface area contributed by atoms with Crippen molar-refractivity contribution in [3.05, 3.63) is 42.7 Å². The number of nitrogens with zero attached hydrogens (tertiary/aromatic N) is 2. The molecule has 0 aliphatic rings. The molecule has 0 atom stereocenters. The Labute approximate surface area is 145 Å². The van der Waals surface area contributed by atoms with Crippen molar-refractivity contribution in [2.45, 2.75) is 26.3 Å². The van der Waals surface area contributed by atoms with Gasteiger partial charge in [-0.3, -0.25) is 4.79 Å². The SMILES string of the molecule is CC(C)NC(=O)CCNc1ncnc2sc(-c3ccccc3)cc12. The second-order valence-electron chi connectivity index (χ2n) is 5.82. The summed E-state index contributed by atoms with van der Waals surface area (Å²) >= 11 is 1.64. The van der Waals surface area contributed by atoms with Gasteiger partial charge in [0, 0.05) is 23.9 Å². The Kier molecular flexibility index (Phi) is 5.05. The highest BCUT2D eigenvalue weighted by Crippen LogP contribution is 2.34. The summed E-state index contributed by atoms with van der Waals surface area (Å²) in [6.45, 7) is 4.45. The Morgan fingerprint density at radius 1 is 1.21 bits per heavy atom. The molecule has 3 rings (SSSR count). The van der Waals surface area contributed by atoms with Gasteiger partial charge in [0.15, 0.2) is 0 Å². The maximum absolute atomic E-state index is 11.7. The Balaban J connectivity index is 1.74. The lowest BCUT2D eigenvalue weighted by Crippen LogP contribution is -2.31. The Hall–Kier alpha value is -2.47. The van der Waals surface area contributed by atoms with E-state index in [-0.39, 0.29) is 11.9 Å². The van der Waals surface area contributed by atoms with Crippen LogP contribution in [0.2, 0.25) is 0 Å². The summed E-state index contributed by atoms with van der Waals surface area (Å²) < 4.78 is 0. The van der Waals surface area contributed by atoms with E-state index in [1.54, 1.807) is 17.7 Å². The Bertz CT molecular complexity index is 829. The maximum atomic E-state index is 11.7. The number of carbonyl (C=O) groups is 1. The van der Waals surface area contributed by atoms with E-state index in [2.05, 4.69) is 38.8 Å². The largest absolute Gasteiger partial charge is 0.369 e. The van der Waals surface area contributed by atoms with E-state index >= 15 is 0 Å². The molecule has 0 radical (unpaired) electrons. The molecule has 0 spiro atoms. The zero-order valence-electron chi connectivity index (χ0n) is 13.7. The maximum Gasteiger partial charge on any atom is 0.221 e. The van der Waals surface area contributed by atoms with Crippen molar-refractivity contribution in [2.75, 3.05) is 11.9 Å². The minimum Gasteiger partial charge on any atom is -0.369 e. The molecular weight excluding hydrogens is 320 g/mol. The number of benzene rings is 1. The van der Waals surface area contributed by atoms with Crippen LogP contribution in [0.1, 0.15) is 20.3 Å². The van der Waals surface area contributed by atoms with Crippen LogP contribution in [0.3, 0.4) is 0 Å². The van der Waals surface area contributed by atoms with Gasteiger partial charge in [-0.25, -0.2) is 9.97 Å². The second kappa shape index (κ2) is 7.40. The zero-order valence-corrected chi connectivity index (χ0v) is 14.6. The second-order valence-corrected chi connectivity index (χ2v) is 6.85. The summed E-state index contributed by atoms with van der Waals surface area (Å²) in [5.74, 6) is 0.814. The lowest BCUT2D eigenvalue weighted by atomic mass is 10.2. The summed E-state index contributed by atoms with van der Waals surface area (Å²) in [5, 5.41) is 7.12. The first-order valence-corrected chi connectivity index (χ1v) is 8.78. The quantitative estimate of drug-likeness (QED) is 0.718. The van der Waals surface area contributed by atoms with Crippen LogP contribution in [0.4, 0.5) is 5.82 Å². The van der Waals surface area contributed by atoms with Gasteiger partial charge in [0.2, 0.25) is 5.91 Å². The van der Waals surface area contributed by atoms with Gasteiger partial charge in [0.25, 0.3) is 0 Å². The highest BCUT2D eigenvalue weighted by atomic mass is 32.1. The van der Waals surface area contributed by atoms with E-state index in [0.29, 0.717) is 13.0 Å². The van der Waals surface area contributed by atoms with Crippen LogP contribution in [0, 0.1) is 0 Å². The van der Waals surface area contributed by atoms with Crippen molar-refractivity contribution >= 4 is 33.3 Å². The highest BCUT2D eigenvalue weighted by Gasteiger charge is 2.10.